The van der Waals surface area contributed by atoms with E-state index < -0.39 is 11.4 Å². The standard InChI is InChI=1S/4C3H6.4C2H6.CB10.4CH4.10Y/c4*1-3-2;4*1-2;2-1(7-3,8-10-4)9-11(5)6;;;;;;;;;;;;;;/h4*1-3H2;4*1-2H3;;4*1H4;;;;;;;;;;/q4*-2;;;;;;;;;;;;;;;;;;;. The Bertz CT molecular complexity index is 194. The van der Waals surface area contributed by atoms with E-state index in [1.807, 2.05) is 55.4 Å². The zero-order chi connectivity index (χ0) is 27.7. The van der Waals surface area contributed by atoms with E-state index in [2.05, 4.69) is 55.4 Å². The van der Waals surface area contributed by atoms with Crippen LogP contribution in [0, 0.1) is 55.4 Å². The Kier molecular flexibility index (Phi) is 697. The van der Waals surface area contributed by atoms with E-state index in [1.54, 1.807) is 0 Å². The molecule has 1 atom stereocenters. The molecule has 0 heterocycles. The molecule has 0 fully saturated rings. The molecular formula is C25H64B10Y10-8. The summed E-state index contributed by atoms with van der Waals surface area (Å²) in [6.45, 7) is 43.0. The quantitative estimate of drug-likeness (QED) is 0.202. The maximum absolute atomic E-state index is 5.65. The van der Waals surface area contributed by atoms with Gasteiger partial charge in [-0.3, -0.25) is 0 Å². The predicted molar refractivity (Wildman–Crippen MR) is 194 cm³/mol. The first-order valence-electron chi connectivity index (χ1n) is 11.2. The first kappa shape index (κ1) is 155. The molecule has 0 spiro atoms. The van der Waals surface area contributed by atoms with Gasteiger partial charge in [-0.05, 0) is 0 Å². The minimum absolute atomic E-state index is 0. The normalized spacial score (nSPS) is 5.60. The first-order chi connectivity index (χ1) is 14.7. The minimum atomic E-state index is -0.914. The van der Waals surface area contributed by atoms with Gasteiger partial charge in [-0.1, -0.05) is 85.1 Å². The van der Waals surface area contributed by atoms with Gasteiger partial charge in [0.05, 0.1) is 0 Å². The van der Waals surface area contributed by atoms with Gasteiger partial charge in [0.1, 0.15) is 0 Å². The predicted octanol–water partition coefficient (Wildman–Crippen LogP) is 7.21. The number of rotatable bonds is 5. The Labute approximate surface area is 558 Å². The Morgan fingerprint density at radius 3 is 0.667 bits per heavy atom. The molecule has 0 saturated carbocycles. The molecule has 0 amide bonds. The Hall–Kier alpha value is 11.7. The molecule has 0 aromatic heterocycles. The van der Waals surface area contributed by atoms with Crippen molar-refractivity contribution < 1.29 is 327 Å². The molecule has 0 aliphatic rings. The smallest absolute Gasteiger partial charge is 0.0410 e. The molecule has 0 aromatic rings. The van der Waals surface area contributed by atoms with Crippen LogP contribution in [0.5, 0.6) is 0 Å². The molecule has 232 valence electrons. The summed E-state index contributed by atoms with van der Waals surface area (Å²) in [4.78, 5) is 0. The van der Waals surface area contributed by atoms with Crippen LogP contribution < -0.4 is 0 Å². The largest absolute Gasteiger partial charge is 0.372 e. The summed E-state index contributed by atoms with van der Waals surface area (Å²) in [5, 5.41) is -0.914. The zero-order valence-corrected chi connectivity index (χ0v) is 56.9. The molecule has 24 radical (unpaired) electrons. The van der Waals surface area contributed by atoms with Gasteiger partial charge in [0.2, 0.25) is 0 Å². The Morgan fingerprint density at radius 1 is 0.467 bits per heavy atom. The molecule has 0 aliphatic carbocycles. The van der Waals surface area contributed by atoms with Crippen LogP contribution in [0.3, 0.4) is 0 Å². The third-order valence-corrected chi connectivity index (χ3v) is 1.15. The van der Waals surface area contributed by atoms with Crippen molar-refractivity contribution in [3.05, 3.63) is 55.4 Å². The maximum Gasteiger partial charge on any atom is 0.0410 e. The molecular weight excluding hydrogens is 1300 g/mol. The van der Waals surface area contributed by atoms with Gasteiger partial charge in [-0.15, -0.1) is 0 Å². The Morgan fingerprint density at radius 2 is 0.600 bits per heavy atom. The van der Waals surface area contributed by atoms with Crippen molar-refractivity contribution in [2.75, 3.05) is 0 Å². The van der Waals surface area contributed by atoms with E-state index in [9.17, 15) is 0 Å². The minimum Gasteiger partial charge on any atom is -0.372 e. The molecule has 45 heavy (non-hydrogen) atoms. The second-order valence-corrected chi connectivity index (χ2v) is 3.68. The third kappa shape index (κ3) is 286. The summed E-state index contributed by atoms with van der Waals surface area (Å²) in [6.07, 6.45) is 2.39. The molecule has 0 N–H and O–H groups in total. The van der Waals surface area contributed by atoms with Crippen LogP contribution in [0.15, 0.2) is 0 Å². The summed E-state index contributed by atoms with van der Waals surface area (Å²) >= 11 is 0. The van der Waals surface area contributed by atoms with Crippen molar-refractivity contribution in [1.29, 1.82) is 0 Å². The van der Waals surface area contributed by atoms with Gasteiger partial charge < -0.3 is 81.1 Å². The fourth-order valence-electron chi connectivity index (χ4n) is 0.667. The third-order valence-electron chi connectivity index (χ3n) is 1.15. The van der Waals surface area contributed by atoms with Gasteiger partial charge >= 0.3 is 0 Å². The molecule has 0 aliphatic heterocycles. The van der Waals surface area contributed by atoms with Gasteiger partial charge in [0.15, 0.2) is 0 Å². The SMILES string of the molecule is C.C.C.C.CC.CC.CC.CC.[B][B][B]C([B])([B][B])[B]B([B])[B].[CH2-]C[CH2-].[CH2-]C[CH2-].[CH2-]C[CH2-].[CH2-]C[CH2-].[Y].[Y].[Y].[Y].[Y].[Y].[Y].[Y].[Y].[Y]. The summed E-state index contributed by atoms with van der Waals surface area (Å²) < 4.78 is 0. The zero-order valence-electron chi connectivity index (χ0n) is 28.5. The average Bonchev–Trinajstić information content (AvgIpc) is 2.76. The van der Waals surface area contributed by atoms with Crippen molar-refractivity contribution in [2.24, 2.45) is 0 Å². The first-order valence-corrected chi connectivity index (χ1v) is 11.2. The number of hydrogen-bond donors (Lipinski definition) is 0. The van der Waals surface area contributed by atoms with E-state index in [1.165, 1.54) is 28.6 Å². The molecule has 20 heteroatoms. The number of hydrogen-bond acceptors (Lipinski definition) is 0. The van der Waals surface area contributed by atoms with Crippen LogP contribution in [0.25, 0.3) is 0 Å². The van der Waals surface area contributed by atoms with Crippen LogP contribution in [0.1, 0.15) is 111 Å². The van der Waals surface area contributed by atoms with Gasteiger partial charge in [-0.2, -0.15) is 5.01 Å². The summed E-state index contributed by atoms with van der Waals surface area (Å²) in [6, 6.07) is 0. The van der Waals surface area contributed by atoms with Crippen molar-refractivity contribution in [1.82, 2.24) is 0 Å². The molecule has 0 aromatic carbocycles. The monoisotopic (exact) mass is 1360 g/mol. The van der Waals surface area contributed by atoms with Crippen molar-refractivity contribution in [3.63, 3.8) is 0 Å². The van der Waals surface area contributed by atoms with Crippen molar-refractivity contribution >= 4 is 73.8 Å². The van der Waals surface area contributed by atoms with Crippen LogP contribution in [-0.2, 0) is 327 Å². The van der Waals surface area contributed by atoms with E-state index in [0.29, 0.717) is 0 Å². The fraction of sp³-hybridized carbons (Fsp3) is 0.680. The second-order valence-electron chi connectivity index (χ2n) is 3.68. The van der Waals surface area contributed by atoms with Crippen LogP contribution >= 0.6 is 0 Å². The van der Waals surface area contributed by atoms with E-state index in [0.717, 1.165) is 25.7 Å². The Balaban J connectivity index is -0.00000000605. The van der Waals surface area contributed by atoms with E-state index in [4.69, 9.17) is 38.8 Å². The van der Waals surface area contributed by atoms with Crippen LogP contribution in [0.4, 0.5) is 0 Å². The summed E-state index contributed by atoms with van der Waals surface area (Å²) in [5.74, 6) is 0. The van der Waals surface area contributed by atoms with E-state index in [-0.39, 0.29) is 357 Å². The van der Waals surface area contributed by atoms with Gasteiger partial charge in [0, 0.05) is 401 Å². The van der Waals surface area contributed by atoms with Crippen LogP contribution in [-0.4, -0.2) is 73.8 Å². The molecule has 0 bridgehead atoms. The fourth-order valence-corrected chi connectivity index (χ4v) is 0.667. The summed E-state index contributed by atoms with van der Waals surface area (Å²) in [7, 11) is 32.1. The topological polar surface area (TPSA) is 0 Å². The van der Waals surface area contributed by atoms with Gasteiger partial charge in [-0.25, -0.2) is 0 Å². The van der Waals surface area contributed by atoms with Gasteiger partial charge in [0.25, 0.3) is 0 Å². The van der Waals surface area contributed by atoms with Crippen molar-refractivity contribution in [2.45, 2.75) is 116 Å². The molecule has 0 nitrogen and oxygen atoms in total. The molecule has 0 saturated heterocycles. The average molecular weight is 1360 g/mol. The van der Waals surface area contributed by atoms with Crippen molar-refractivity contribution in [3.8, 4) is 0 Å². The second kappa shape index (κ2) is 202. The maximum atomic E-state index is 5.65. The van der Waals surface area contributed by atoms with Crippen LogP contribution in [0.2, 0.25) is 5.01 Å². The molecule has 0 rings (SSSR count). The molecule has 1 unspecified atom stereocenters. The van der Waals surface area contributed by atoms with E-state index >= 15 is 0 Å². The summed E-state index contributed by atoms with van der Waals surface area (Å²) in [5.41, 5.74) is 0.